The number of fused-ring (bicyclic) bond motifs is 2. The maximum absolute atomic E-state index is 12.7. The number of rotatable bonds is 5. The van der Waals surface area contributed by atoms with Crippen molar-refractivity contribution in [2.24, 2.45) is 5.92 Å². The van der Waals surface area contributed by atoms with E-state index in [1.54, 1.807) is 18.2 Å². The summed E-state index contributed by atoms with van der Waals surface area (Å²) < 4.78 is 22.1. The van der Waals surface area contributed by atoms with Crippen LogP contribution in [0.15, 0.2) is 65.8 Å². The van der Waals surface area contributed by atoms with Gasteiger partial charge < -0.3 is 18.9 Å². The minimum atomic E-state index is -0.764. The van der Waals surface area contributed by atoms with Crippen LogP contribution in [0.25, 0.3) is 6.08 Å². The molecule has 0 amide bonds. The van der Waals surface area contributed by atoms with Gasteiger partial charge in [0, 0.05) is 30.1 Å². The lowest BCUT2D eigenvalue weighted by Crippen LogP contribution is -2.32. The number of ether oxygens (including phenoxy) is 4. The second-order valence-electron chi connectivity index (χ2n) is 8.29. The van der Waals surface area contributed by atoms with Crippen LogP contribution in [0, 0.1) is 5.92 Å². The summed E-state index contributed by atoms with van der Waals surface area (Å²) >= 11 is 0. The molecule has 0 spiro atoms. The number of hydrogen-bond acceptors (Lipinski definition) is 7. The zero-order valence-corrected chi connectivity index (χ0v) is 18.6. The van der Waals surface area contributed by atoms with Crippen molar-refractivity contribution in [2.75, 3.05) is 6.61 Å². The first kappa shape index (κ1) is 22.6. The maximum Gasteiger partial charge on any atom is 0.334 e. The minimum Gasteiger partial charge on any atom is -0.494 e. The van der Waals surface area contributed by atoms with Crippen LogP contribution in [0.3, 0.4) is 0 Å². The number of hydrogen-bond donors (Lipinski definition) is 0. The molecule has 2 heterocycles. The molecule has 4 atom stereocenters. The molecule has 2 bridgehead atoms. The predicted octanol–water partition coefficient (Wildman–Crippen LogP) is 3.70. The molecular weight excluding hydrogens is 424 g/mol. The molecular formula is C26H26O7. The molecule has 1 saturated heterocycles. The largest absolute Gasteiger partial charge is 0.494 e. The van der Waals surface area contributed by atoms with Gasteiger partial charge in [-0.1, -0.05) is 24.3 Å². The first-order chi connectivity index (χ1) is 15.8. The molecule has 0 saturated carbocycles. The molecule has 0 aromatic heterocycles. The summed E-state index contributed by atoms with van der Waals surface area (Å²) in [6.07, 6.45) is 5.41. The quantitative estimate of drug-likeness (QED) is 0.293. The van der Waals surface area contributed by atoms with Gasteiger partial charge in [0.25, 0.3) is 0 Å². The van der Waals surface area contributed by atoms with Crippen LogP contribution in [-0.4, -0.2) is 42.8 Å². The highest BCUT2D eigenvalue weighted by molar-refractivity contribution is 5.93. The Morgan fingerprint density at radius 2 is 1.88 bits per heavy atom. The minimum absolute atomic E-state index is 0.188. The predicted molar refractivity (Wildman–Crippen MR) is 120 cm³/mol. The van der Waals surface area contributed by atoms with E-state index < -0.39 is 36.0 Å². The van der Waals surface area contributed by atoms with E-state index in [9.17, 15) is 14.4 Å². The number of carbonyl (C=O) groups is 3. The second kappa shape index (κ2) is 9.48. The lowest BCUT2D eigenvalue weighted by Gasteiger charge is -2.25. The van der Waals surface area contributed by atoms with E-state index in [4.69, 9.17) is 18.9 Å². The van der Waals surface area contributed by atoms with E-state index in [1.807, 2.05) is 38.1 Å². The fourth-order valence-electron chi connectivity index (χ4n) is 4.29. The van der Waals surface area contributed by atoms with E-state index in [2.05, 4.69) is 6.58 Å². The van der Waals surface area contributed by atoms with Crippen molar-refractivity contribution in [1.82, 2.24) is 0 Å². The third-order valence-electron chi connectivity index (χ3n) is 5.83. The molecule has 7 nitrogen and oxygen atoms in total. The molecule has 172 valence electrons. The van der Waals surface area contributed by atoms with E-state index in [1.165, 1.54) is 6.08 Å². The molecule has 1 fully saturated rings. The summed E-state index contributed by atoms with van der Waals surface area (Å²) in [6, 6.07) is 7.32. The summed E-state index contributed by atoms with van der Waals surface area (Å²) in [6.45, 7) is 8.22. The summed E-state index contributed by atoms with van der Waals surface area (Å²) in [7, 11) is 0. The van der Waals surface area contributed by atoms with Gasteiger partial charge in [0.15, 0.2) is 0 Å². The second-order valence-corrected chi connectivity index (χ2v) is 8.29. The molecule has 4 rings (SSSR count). The first-order valence-electron chi connectivity index (χ1n) is 10.9. The van der Waals surface area contributed by atoms with Crippen molar-refractivity contribution >= 4 is 24.0 Å². The smallest absolute Gasteiger partial charge is 0.334 e. The molecule has 0 unspecified atom stereocenters. The average Bonchev–Trinajstić information content (AvgIpc) is 3.24. The number of esters is 3. The lowest BCUT2D eigenvalue weighted by molar-refractivity contribution is -0.145. The standard InChI is InChI=1S/C26H26O7/c1-4-30-19-8-5-17(6-9-19)7-10-23(27)32-21-12-15(2)11-20-13-18(26(29)31-20)14-22-24(21)16(3)25(28)33-22/h5-10,12-13,20-22,24H,3-4,11,14H2,1-2H3/b10-7+,15-12+/t20-,21-,22+,24+/m1/s1. The topological polar surface area (TPSA) is 88.1 Å². The Morgan fingerprint density at radius 1 is 1.12 bits per heavy atom. The van der Waals surface area contributed by atoms with Crippen LogP contribution in [-0.2, 0) is 28.6 Å². The fourth-order valence-corrected chi connectivity index (χ4v) is 4.29. The van der Waals surface area contributed by atoms with Gasteiger partial charge in [0.2, 0.25) is 0 Å². The van der Waals surface area contributed by atoms with Gasteiger partial charge >= 0.3 is 17.9 Å². The molecule has 33 heavy (non-hydrogen) atoms. The van der Waals surface area contributed by atoms with Crippen molar-refractivity contribution in [1.29, 1.82) is 0 Å². The molecule has 1 aromatic carbocycles. The zero-order valence-electron chi connectivity index (χ0n) is 18.6. The maximum atomic E-state index is 12.7. The van der Waals surface area contributed by atoms with Crippen LogP contribution in [0.4, 0.5) is 0 Å². The molecule has 1 aromatic rings. The summed E-state index contributed by atoms with van der Waals surface area (Å²) in [5, 5.41) is 0. The van der Waals surface area contributed by atoms with Crippen LogP contribution in [0.1, 0.15) is 32.3 Å². The number of benzene rings is 1. The fraction of sp³-hybridized carbons (Fsp3) is 0.346. The Kier molecular flexibility index (Phi) is 6.49. The van der Waals surface area contributed by atoms with Gasteiger partial charge in [-0.3, -0.25) is 0 Å². The van der Waals surface area contributed by atoms with Gasteiger partial charge in [0.05, 0.1) is 12.5 Å². The van der Waals surface area contributed by atoms with Gasteiger partial charge in [-0.25, -0.2) is 14.4 Å². The van der Waals surface area contributed by atoms with Crippen LogP contribution >= 0.6 is 0 Å². The third-order valence-corrected chi connectivity index (χ3v) is 5.83. The first-order valence-corrected chi connectivity index (χ1v) is 10.9. The molecule has 3 aliphatic rings. The highest BCUT2D eigenvalue weighted by Gasteiger charge is 2.46. The average molecular weight is 450 g/mol. The van der Waals surface area contributed by atoms with Crippen molar-refractivity contribution < 1.29 is 33.3 Å². The van der Waals surface area contributed by atoms with Crippen LogP contribution in [0.2, 0.25) is 0 Å². The zero-order chi connectivity index (χ0) is 23.5. The van der Waals surface area contributed by atoms with Crippen molar-refractivity contribution in [3.8, 4) is 5.75 Å². The van der Waals surface area contributed by atoms with Gasteiger partial charge in [-0.15, -0.1) is 0 Å². The van der Waals surface area contributed by atoms with Crippen LogP contribution in [0.5, 0.6) is 5.75 Å². The van der Waals surface area contributed by atoms with Gasteiger partial charge in [-0.05, 0) is 49.8 Å². The lowest BCUT2D eigenvalue weighted by atomic mass is 9.85. The Morgan fingerprint density at radius 3 is 2.61 bits per heavy atom. The molecule has 0 radical (unpaired) electrons. The van der Waals surface area contributed by atoms with E-state index in [-0.39, 0.29) is 18.1 Å². The number of carbonyl (C=O) groups excluding carboxylic acids is 3. The van der Waals surface area contributed by atoms with Gasteiger partial charge in [0.1, 0.15) is 24.1 Å². The highest BCUT2D eigenvalue weighted by atomic mass is 16.6. The van der Waals surface area contributed by atoms with Crippen LogP contribution < -0.4 is 4.74 Å². The van der Waals surface area contributed by atoms with Crippen molar-refractivity contribution in [2.45, 2.75) is 45.0 Å². The monoisotopic (exact) mass is 450 g/mol. The highest BCUT2D eigenvalue weighted by Crippen LogP contribution is 2.38. The molecule has 0 N–H and O–H groups in total. The van der Waals surface area contributed by atoms with E-state index in [0.29, 0.717) is 18.6 Å². The SMILES string of the molecule is C=C1C(=O)O[C@H]2CC3=C[C@@H](C/C(C)=C/[C@@H](OC(=O)/C=C/c4ccc(OCC)cc4)[C@H]12)OC3=O. The van der Waals surface area contributed by atoms with Gasteiger partial charge in [-0.2, -0.15) is 0 Å². The molecule has 2 aliphatic heterocycles. The summed E-state index contributed by atoms with van der Waals surface area (Å²) in [4.78, 5) is 37.2. The molecule has 7 heteroatoms. The third kappa shape index (κ3) is 5.08. The summed E-state index contributed by atoms with van der Waals surface area (Å²) in [5.41, 5.74) is 2.37. The van der Waals surface area contributed by atoms with E-state index in [0.717, 1.165) is 16.9 Å². The van der Waals surface area contributed by atoms with Crippen molar-refractivity contribution in [3.05, 3.63) is 71.4 Å². The molecule has 1 aliphatic carbocycles. The summed E-state index contributed by atoms with van der Waals surface area (Å²) in [5.74, 6) is -1.36. The Bertz CT molecular complexity index is 1060. The normalized spacial score (nSPS) is 28.4. The Hall–Kier alpha value is -3.61. The van der Waals surface area contributed by atoms with Crippen molar-refractivity contribution in [3.63, 3.8) is 0 Å². The van der Waals surface area contributed by atoms with E-state index >= 15 is 0 Å². The Labute approximate surface area is 192 Å². The Balaban J connectivity index is 1.54.